The molecule has 1 atom stereocenters. The van der Waals surface area contributed by atoms with E-state index in [4.69, 9.17) is 11.6 Å². The van der Waals surface area contributed by atoms with Crippen molar-refractivity contribution in [2.75, 3.05) is 0 Å². The molecule has 1 nitrogen and oxygen atoms in total. The summed E-state index contributed by atoms with van der Waals surface area (Å²) in [5.74, 6) is 0.376. The number of halogens is 2. The Kier molecular flexibility index (Phi) is 4.28. The van der Waals surface area contributed by atoms with Crippen LogP contribution in [0.25, 0.3) is 0 Å². The SMILES string of the molecule is OC(c1cc(Br)ccc1Cl)C1CCCCC1. The zero-order valence-corrected chi connectivity index (χ0v) is 11.5. The molecule has 88 valence electrons. The van der Waals surface area contributed by atoms with Crippen LogP contribution >= 0.6 is 27.5 Å². The second-order valence-electron chi connectivity index (χ2n) is 4.51. The molecule has 0 bridgehead atoms. The molecule has 1 unspecified atom stereocenters. The Morgan fingerprint density at radius 1 is 1.25 bits per heavy atom. The van der Waals surface area contributed by atoms with E-state index < -0.39 is 6.10 Å². The van der Waals surface area contributed by atoms with Crippen molar-refractivity contribution < 1.29 is 5.11 Å². The van der Waals surface area contributed by atoms with Gasteiger partial charge in [-0.3, -0.25) is 0 Å². The van der Waals surface area contributed by atoms with Crippen LogP contribution < -0.4 is 0 Å². The summed E-state index contributed by atoms with van der Waals surface area (Å²) in [5.41, 5.74) is 0.864. The summed E-state index contributed by atoms with van der Waals surface area (Å²) in [6.45, 7) is 0. The number of aliphatic hydroxyl groups is 1. The zero-order chi connectivity index (χ0) is 11.5. The van der Waals surface area contributed by atoms with Gasteiger partial charge in [-0.05, 0) is 37.0 Å². The van der Waals surface area contributed by atoms with E-state index in [1.807, 2.05) is 18.2 Å². The third kappa shape index (κ3) is 2.79. The molecule has 0 spiro atoms. The minimum Gasteiger partial charge on any atom is -0.388 e. The first-order valence-electron chi connectivity index (χ1n) is 5.81. The summed E-state index contributed by atoms with van der Waals surface area (Å²) < 4.78 is 0.974. The van der Waals surface area contributed by atoms with E-state index in [1.54, 1.807) is 0 Å². The van der Waals surface area contributed by atoms with E-state index >= 15 is 0 Å². The van der Waals surface area contributed by atoms with Gasteiger partial charge < -0.3 is 5.11 Å². The van der Waals surface area contributed by atoms with E-state index in [2.05, 4.69) is 15.9 Å². The third-order valence-electron chi connectivity index (χ3n) is 3.37. The molecule has 1 aliphatic rings. The first-order chi connectivity index (χ1) is 7.68. The van der Waals surface area contributed by atoms with Crippen molar-refractivity contribution in [1.82, 2.24) is 0 Å². The van der Waals surface area contributed by atoms with Gasteiger partial charge in [0.2, 0.25) is 0 Å². The van der Waals surface area contributed by atoms with Crippen LogP contribution in [0.15, 0.2) is 22.7 Å². The van der Waals surface area contributed by atoms with Crippen LogP contribution in [0.3, 0.4) is 0 Å². The zero-order valence-electron chi connectivity index (χ0n) is 9.13. The molecule has 1 aromatic carbocycles. The van der Waals surface area contributed by atoms with Crippen LogP contribution in [0, 0.1) is 5.92 Å². The molecule has 16 heavy (non-hydrogen) atoms. The Balaban J connectivity index is 2.18. The fourth-order valence-electron chi connectivity index (χ4n) is 2.45. The first-order valence-corrected chi connectivity index (χ1v) is 6.98. The molecule has 1 aromatic rings. The van der Waals surface area contributed by atoms with Crippen LogP contribution in [-0.4, -0.2) is 5.11 Å². The van der Waals surface area contributed by atoms with Gasteiger partial charge in [-0.1, -0.05) is 46.8 Å². The van der Waals surface area contributed by atoms with Gasteiger partial charge in [0.15, 0.2) is 0 Å². The molecular weight excluding hydrogens is 287 g/mol. The van der Waals surface area contributed by atoms with Crippen molar-refractivity contribution in [1.29, 1.82) is 0 Å². The van der Waals surface area contributed by atoms with Crippen LogP contribution in [0.4, 0.5) is 0 Å². The van der Waals surface area contributed by atoms with E-state index in [1.165, 1.54) is 19.3 Å². The number of hydrogen-bond acceptors (Lipinski definition) is 1. The van der Waals surface area contributed by atoms with Crippen molar-refractivity contribution >= 4 is 27.5 Å². The largest absolute Gasteiger partial charge is 0.388 e. The van der Waals surface area contributed by atoms with Crippen molar-refractivity contribution in [2.24, 2.45) is 5.92 Å². The topological polar surface area (TPSA) is 20.2 Å². The fourth-order valence-corrected chi connectivity index (χ4v) is 3.05. The summed E-state index contributed by atoms with van der Waals surface area (Å²) in [6, 6.07) is 5.67. The number of aliphatic hydroxyl groups excluding tert-OH is 1. The van der Waals surface area contributed by atoms with E-state index in [0.29, 0.717) is 10.9 Å². The molecule has 0 aromatic heterocycles. The lowest BCUT2D eigenvalue weighted by molar-refractivity contribution is 0.0849. The summed E-state index contributed by atoms with van der Waals surface area (Å²) in [4.78, 5) is 0. The van der Waals surface area contributed by atoms with E-state index in [9.17, 15) is 5.11 Å². The van der Waals surface area contributed by atoms with Crippen molar-refractivity contribution in [3.63, 3.8) is 0 Å². The Bertz CT molecular complexity index is 361. The lowest BCUT2D eigenvalue weighted by atomic mass is 9.83. The van der Waals surface area contributed by atoms with Crippen molar-refractivity contribution in [3.8, 4) is 0 Å². The molecular formula is C13H16BrClO. The smallest absolute Gasteiger partial charge is 0.0832 e. The van der Waals surface area contributed by atoms with Crippen molar-refractivity contribution in [2.45, 2.75) is 38.2 Å². The average Bonchev–Trinajstić information content (AvgIpc) is 2.32. The Morgan fingerprint density at radius 2 is 1.94 bits per heavy atom. The summed E-state index contributed by atoms with van der Waals surface area (Å²) in [5, 5.41) is 11.0. The molecule has 0 radical (unpaired) electrons. The monoisotopic (exact) mass is 302 g/mol. The average molecular weight is 304 g/mol. The summed E-state index contributed by atoms with van der Waals surface area (Å²) >= 11 is 9.55. The standard InChI is InChI=1S/C13H16BrClO/c14-10-6-7-12(15)11(8-10)13(16)9-4-2-1-3-5-9/h6-9,13,16H,1-5H2. The van der Waals surface area contributed by atoms with Gasteiger partial charge in [0.25, 0.3) is 0 Å². The van der Waals surface area contributed by atoms with Gasteiger partial charge in [-0.2, -0.15) is 0 Å². The molecule has 1 fully saturated rings. The minimum absolute atomic E-state index is 0.376. The molecule has 0 amide bonds. The highest BCUT2D eigenvalue weighted by Gasteiger charge is 2.24. The minimum atomic E-state index is -0.412. The van der Waals surface area contributed by atoms with Gasteiger partial charge in [0.1, 0.15) is 0 Å². The number of rotatable bonds is 2. The van der Waals surface area contributed by atoms with Gasteiger partial charge in [0, 0.05) is 15.1 Å². The predicted molar refractivity (Wildman–Crippen MR) is 70.7 cm³/mol. The summed E-state index contributed by atoms with van der Waals surface area (Å²) in [7, 11) is 0. The highest BCUT2D eigenvalue weighted by Crippen LogP contribution is 2.37. The van der Waals surface area contributed by atoms with Crippen molar-refractivity contribution in [3.05, 3.63) is 33.3 Å². The number of hydrogen-bond donors (Lipinski definition) is 1. The van der Waals surface area contributed by atoms with Gasteiger partial charge in [-0.25, -0.2) is 0 Å². The van der Waals surface area contributed by atoms with E-state index in [-0.39, 0.29) is 0 Å². The third-order valence-corrected chi connectivity index (χ3v) is 4.21. The second-order valence-corrected chi connectivity index (χ2v) is 5.83. The second kappa shape index (κ2) is 5.52. The molecule has 2 rings (SSSR count). The molecule has 1 saturated carbocycles. The van der Waals surface area contributed by atoms with Gasteiger partial charge in [0.05, 0.1) is 6.10 Å². The Labute approximate surface area is 110 Å². The lowest BCUT2D eigenvalue weighted by Gasteiger charge is -2.27. The lowest BCUT2D eigenvalue weighted by Crippen LogP contribution is -2.16. The van der Waals surface area contributed by atoms with Gasteiger partial charge >= 0.3 is 0 Å². The first kappa shape index (κ1) is 12.4. The van der Waals surface area contributed by atoms with Crippen LogP contribution in [0.5, 0.6) is 0 Å². The highest BCUT2D eigenvalue weighted by molar-refractivity contribution is 9.10. The quantitative estimate of drug-likeness (QED) is 0.838. The maximum Gasteiger partial charge on any atom is 0.0832 e. The molecule has 1 aliphatic carbocycles. The maximum atomic E-state index is 10.3. The molecule has 0 aliphatic heterocycles. The van der Waals surface area contributed by atoms with Crippen LogP contribution in [-0.2, 0) is 0 Å². The fraction of sp³-hybridized carbons (Fsp3) is 0.538. The number of benzene rings is 1. The highest BCUT2D eigenvalue weighted by atomic mass is 79.9. The Morgan fingerprint density at radius 3 is 2.62 bits per heavy atom. The van der Waals surface area contributed by atoms with E-state index in [0.717, 1.165) is 22.9 Å². The Hall–Kier alpha value is -0.0500. The predicted octanol–water partition coefficient (Wildman–Crippen LogP) is 4.72. The molecule has 0 saturated heterocycles. The van der Waals surface area contributed by atoms with Gasteiger partial charge in [-0.15, -0.1) is 0 Å². The normalized spacial score (nSPS) is 19.7. The summed E-state index contributed by atoms with van der Waals surface area (Å²) in [6.07, 6.45) is 5.58. The van der Waals surface area contributed by atoms with Crippen LogP contribution in [0.1, 0.15) is 43.8 Å². The molecule has 3 heteroatoms. The molecule has 1 N–H and O–H groups in total. The molecule has 0 heterocycles. The maximum absolute atomic E-state index is 10.3. The van der Waals surface area contributed by atoms with Crippen LogP contribution in [0.2, 0.25) is 5.02 Å².